The van der Waals surface area contributed by atoms with E-state index >= 15 is 0 Å². The summed E-state index contributed by atoms with van der Waals surface area (Å²) >= 11 is 1.61. The highest BCUT2D eigenvalue weighted by molar-refractivity contribution is 7.10. The van der Waals surface area contributed by atoms with E-state index in [9.17, 15) is 4.79 Å². The van der Waals surface area contributed by atoms with Crippen LogP contribution in [0.2, 0.25) is 0 Å². The molecule has 0 unspecified atom stereocenters. The largest absolute Gasteiger partial charge is 0.350 e. The lowest BCUT2D eigenvalue weighted by atomic mass is 10.1. The molecule has 2 aromatic carbocycles. The van der Waals surface area contributed by atoms with Gasteiger partial charge in [0.15, 0.2) is 0 Å². The van der Waals surface area contributed by atoms with E-state index in [1.807, 2.05) is 83.9 Å². The molecular formula is C22H16N2OS. The number of rotatable bonds is 2. The van der Waals surface area contributed by atoms with Crippen LogP contribution in [0.4, 0.5) is 5.69 Å². The third kappa shape index (κ3) is 3.26. The number of nitrogens with zero attached hydrogens (tertiary/aromatic N) is 1. The minimum Gasteiger partial charge on any atom is -0.350 e. The van der Waals surface area contributed by atoms with E-state index in [2.05, 4.69) is 17.2 Å². The maximum absolute atomic E-state index is 12.7. The number of hydrogen-bond acceptors (Lipinski definition) is 2. The van der Waals surface area contributed by atoms with Gasteiger partial charge < -0.3 is 9.88 Å². The van der Waals surface area contributed by atoms with Gasteiger partial charge in [0.25, 0.3) is 5.91 Å². The minimum atomic E-state index is -0.120. The molecule has 0 aliphatic carbocycles. The molecule has 126 valence electrons. The van der Waals surface area contributed by atoms with Gasteiger partial charge in [0, 0.05) is 35.4 Å². The summed E-state index contributed by atoms with van der Waals surface area (Å²) in [6.45, 7) is 0. The Morgan fingerprint density at radius 1 is 1.04 bits per heavy atom. The zero-order valence-corrected chi connectivity index (χ0v) is 15.0. The van der Waals surface area contributed by atoms with Crippen molar-refractivity contribution in [2.45, 2.75) is 0 Å². The summed E-state index contributed by atoms with van der Waals surface area (Å²) < 4.78 is 1.97. The predicted octanol–water partition coefficient (Wildman–Crippen LogP) is 4.89. The Morgan fingerprint density at radius 2 is 1.92 bits per heavy atom. The first kappa shape index (κ1) is 16.2. The summed E-state index contributed by atoms with van der Waals surface area (Å²) in [6, 6.07) is 19.5. The molecule has 0 saturated carbocycles. The fourth-order valence-corrected chi connectivity index (χ4v) is 3.45. The van der Waals surface area contributed by atoms with E-state index in [4.69, 9.17) is 0 Å². The summed E-state index contributed by atoms with van der Waals surface area (Å²) in [7, 11) is 1.94. The summed E-state index contributed by atoms with van der Waals surface area (Å²) in [6.07, 6.45) is 1.86. The number of anilines is 1. The molecule has 0 spiro atoms. The first-order valence-corrected chi connectivity index (χ1v) is 9.10. The van der Waals surface area contributed by atoms with Crippen molar-refractivity contribution >= 4 is 33.8 Å². The molecule has 0 radical (unpaired) electrons. The molecule has 0 saturated heterocycles. The van der Waals surface area contributed by atoms with Crippen molar-refractivity contribution in [3.05, 3.63) is 88.2 Å². The molecule has 0 fully saturated rings. The van der Waals surface area contributed by atoms with Crippen molar-refractivity contribution in [1.82, 2.24) is 4.57 Å². The molecule has 1 amide bonds. The number of carbonyl (C=O) groups excluding carboxylic acids is 1. The zero-order valence-electron chi connectivity index (χ0n) is 14.2. The van der Waals surface area contributed by atoms with Crippen molar-refractivity contribution in [2.75, 3.05) is 5.32 Å². The van der Waals surface area contributed by atoms with Crippen LogP contribution in [0.1, 0.15) is 20.8 Å². The molecule has 4 rings (SSSR count). The fourth-order valence-electron chi connectivity index (χ4n) is 2.88. The number of benzene rings is 2. The number of para-hydroxylation sites is 1. The summed E-state index contributed by atoms with van der Waals surface area (Å²) in [5.41, 5.74) is 3.31. The lowest BCUT2D eigenvalue weighted by Gasteiger charge is -2.05. The SMILES string of the molecule is Cn1cc(C(=O)Nc2cccc(C#Cc3cccs3)c2)c2ccccc21. The van der Waals surface area contributed by atoms with E-state index < -0.39 is 0 Å². The van der Waals surface area contributed by atoms with Gasteiger partial charge in [-0.1, -0.05) is 42.2 Å². The molecule has 2 heterocycles. The molecule has 26 heavy (non-hydrogen) atoms. The van der Waals surface area contributed by atoms with Crippen molar-refractivity contribution < 1.29 is 4.79 Å². The van der Waals surface area contributed by atoms with E-state index in [0.717, 1.165) is 27.0 Å². The highest BCUT2D eigenvalue weighted by Gasteiger charge is 2.13. The van der Waals surface area contributed by atoms with Gasteiger partial charge in [0.1, 0.15) is 0 Å². The quantitative estimate of drug-likeness (QED) is 0.510. The smallest absolute Gasteiger partial charge is 0.257 e. The van der Waals surface area contributed by atoms with Crippen LogP contribution in [0.25, 0.3) is 10.9 Å². The number of thiophene rings is 1. The van der Waals surface area contributed by atoms with E-state index in [1.165, 1.54) is 0 Å². The van der Waals surface area contributed by atoms with Gasteiger partial charge in [-0.05, 0) is 35.7 Å². The summed E-state index contributed by atoms with van der Waals surface area (Å²) in [4.78, 5) is 13.8. The standard InChI is InChI=1S/C22H16N2OS/c1-24-15-20(19-9-2-3-10-21(19)24)22(25)23-17-7-4-6-16(14-17)11-12-18-8-5-13-26-18/h2-10,13-15H,1H3,(H,23,25). The van der Waals surface area contributed by atoms with Crippen LogP contribution in [-0.4, -0.2) is 10.5 Å². The van der Waals surface area contributed by atoms with Crippen LogP contribution >= 0.6 is 11.3 Å². The van der Waals surface area contributed by atoms with E-state index in [0.29, 0.717) is 5.56 Å². The molecule has 1 N–H and O–H groups in total. The van der Waals surface area contributed by atoms with Crippen LogP contribution in [-0.2, 0) is 7.05 Å². The predicted molar refractivity (Wildman–Crippen MR) is 108 cm³/mol. The highest BCUT2D eigenvalue weighted by atomic mass is 32.1. The Bertz CT molecular complexity index is 1140. The molecule has 4 aromatic rings. The molecule has 4 heteroatoms. The number of amides is 1. The first-order valence-electron chi connectivity index (χ1n) is 8.22. The van der Waals surface area contributed by atoms with Gasteiger partial charge >= 0.3 is 0 Å². The van der Waals surface area contributed by atoms with Gasteiger partial charge in [-0.25, -0.2) is 0 Å². The topological polar surface area (TPSA) is 34.0 Å². The summed E-state index contributed by atoms with van der Waals surface area (Å²) in [5.74, 6) is 6.15. The first-order chi connectivity index (χ1) is 12.7. The lowest BCUT2D eigenvalue weighted by Crippen LogP contribution is -2.11. The number of aryl methyl sites for hydroxylation is 1. The van der Waals surface area contributed by atoms with Crippen LogP contribution in [0.3, 0.4) is 0 Å². The molecule has 0 bridgehead atoms. The molecule has 0 aliphatic rings. The van der Waals surface area contributed by atoms with Crippen LogP contribution in [0.15, 0.2) is 72.2 Å². The van der Waals surface area contributed by atoms with Crippen molar-refractivity contribution in [1.29, 1.82) is 0 Å². The molecule has 3 nitrogen and oxygen atoms in total. The van der Waals surface area contributed by atoms with Crippen LogP contribution in [0.5, 0.6) is 0 Å². The minimum absolute atomic E-state index is 0.120. The van der Waals surface area contributed by atoms with E-state index in [-0.39, 0.29) is 5.91 Å². The zero-order chi connectivity index (χ0) is 17.9. The molecule has 0 atom stereocenters. The maximum atomic E-state index is 12.7. The third-order valence-corrected chi connectivity index (χ3v) is 4.90. The average molecular weight is 356 g/mol. The Morgan fingerprint density at radius 3 is 2.77 bits per heavy atom. The second-order valence-electron chi connectivity index (χ2n) is 5.93. The number of nitrogens with one attached hydrogen (secondary N) is 1. The number of hydrogen-bond donors (Lipinski definition) is 1. The Hall–Kier alpha value is -3.29. The van der Waals surface area contributed by atoms with Crippen molar-refractivity contribution in [3.63, 3.8) is 0 Å². The monoisotopic (exact) mass is 356 g/mol. The van der Waals surface area contributed by atoms with Crippen molar-refractivity contribution in [3.8, 4) is 11.8 Å². The van der Waals surface area contributed by atoms with E-state index in [1.54, 1.807) is 11.3 Å². The highest BCUT2D eigenvalue weighted by Crippen LogP contribution is 2.21. The average Bonchev–Trinajstić information content (AvgIpc) is 3.29. The Balaban J connectivity index is 1.59. The molecule has 2 aromatic heterocycles. The molecule has 0 aliphatic heterocycles. The van der Waals surface area contributed by atoms with Crippen LogP contribution < -0.4 is 5.32 Å². The van der Waals surface area contributed by atoms with Gasteiger partial charge in [-0.3, -0.25) is 4.79 Å². The number of aromatic nitrogens is 1. The van der Waals surface area contributed by atoms with Crippen molar-refractivity contribution in [2.24, 2.45) is 7.05 Å². The van der Waals surface area contributed by atoms with Gasteiger partial charge in [0.05, 0.1) is 10.4 Å². The second kappa shape index (κ2) is 6.91. The van der Waals surface area contributed by atoms with Gasteiger partial charge in [0.2, 0.25) is 0 Å². The summed E-state index contributed by atoms with van der Waals surface area (Å²) in [5, 5.41) is 5.93. The fraction of sp³-hybridized carbons (Fsp3) is 0.0455. The Labute approximate surface area is 155 Å². The molecular weight excluding hydrogens is 340 g/mol. The maximum Gasteiger partial charge on any atom is 0.257 e. The van der Waals surface area contributed by atoms with Gasteiger partial charge in [-0.15, -0.1) is 11.3 Å². The lowest BCUT2D eigenvalue weighted by molar-refractivity contribution is 0.102. The third-order valence-electron chi connectivity index (χ3n) is 4.11. The van der Waals surface area contributed by atoms with Crippen LogP contribution in [0, 0.1) is 11.8 Å². The number of carbonyl (C=O) groups is 1. The second-order valence-corrected chi connectivity index (χ2v) is 6.88. The Kier molecular flexibility index (Phi) is 4.30. The van der Waals surface area contributed by atoms with Gasteiger partial charge in [-0.2, -0.15) is 0 Å². The normalized spacial score (nSPS) is 10.3. The number of fused-ring (bicyclic) bond motifs is 1.